The van der Waals surface area contributed by atoms with Gasteiger partial charge in [-0.1, -0.05) is 24.6 Å². The summed E-state index contributed by atoms with van der Waals surface area (Å²) < 4.78 is 12.4. The van der Waals surface area contributed by atoms with Crippen LogP contribution in [0.25, 0.3) is 0 Å². The van der Waals surface area contributed by atoms with Crippen LogP contribution in [0.4, 0.5) is 0 Å². The molecule has 110 valence electrons. The molecule has 1 saturated heterocycles. The molecule has 0 aromatic heterocycles. The smallest absolute Gasteiger partial charge is 0.124 e. The molecule has 0 bridgehead atoms. The maximum absolute atomic E-state index is 6.43. The maximum Gasteiger partial charge on any atom is 0.124 e. The number of nitrogens with two attached hydrogens (primary N) is 1. The second-order valence-electron chi connectivity index (χ2n) is 6.72. The van der Waals surface area contributed by atoms with Gasteiger partial charge in [0.05, 0.1) is 12.2 Å². The Morgan fingerprint density at radius 3 is 2.95 bits per heavy atom. The Labute approximate surface area is 121 Å². The molecule has 3 atom stereocenters. The van der Waals surface area contributed by atoms with Crippen molar-refractivity contribution in [2.45, 2.75) is 63.7 Å². The van der Waals surface area contributed by atoms with Crippen molar-refractivity contribution in [3.63, 3.8) is 0 Å². The van der Waals surface area contributed by atoms with Gasteiger partial charge < -0.3 is 15.2 Å². The maximum atomic E-state index is 6.43. The van der Waals surface area contributed by atoms with E-state index in [-0.39, 0.29) is 17.2 Å². The summed E-state index contributed by atoms with van der Waals surface area (Å²) in [5.41, 5.74) is 8.59. The topological polar surface area (TPSA) is 44.5 Å². The third kappa shape index (κ3) is 2.33. The van der Waals surface area contributed by atoms with E-state index in [1.165, 1.54) is 5.56 Å². The molecule has 1 fully saturated rings. The summed E-state index contributed by atoms with van der Waals surface area (Å²) in [7, 11) is 0. The quantitative estimate of drug-likeness (QED) is 0.853. The monoisotopic (exact) mass is 275 g/mol. The SMILES string of the molecule is CCC1(C)CC2(CCO1)CC(N)c1cc(C)ccc1O2. The highest BCUT2D eigenvalue weighted by Gasteiger charge is 2.47. The van der Waals surface area contributed by atoms with E-state index in [9.17, 15) is 0 Å². The number of hydrogen-bond acceptors (Lipinski definition) is 3. The van der Waals surface area contributed by atoms with E-state index in [1.54, 1.807) is 0 Å². The van der Waals surface area contributed by atoms with Crippen molar-refractivity contribution in [2.75, 3.05) is 6.61 Å². The lowest BCUT2D eigenvalue weighted by molar-refractivity contribution is -0.151. The number of ether oxygens (including phenoxy) is 2. The molecule has 1 aromatic rings. The first kappa shape index (κ1) is 13.9. The summed E-state index contributed by atoms with van der Waals surface area (Å²) in [4.78, 5) is 0. The Balaban J connectivity index is 1.92. The molecule has 2 aliphatic heterocycles. The van der Waals surface area contributed by atoms with Gasteiger partial charge >= 0.3 is 0 Å². The van der Waals surface area contributed by atoms with Crippen LogP contribution >= 0.6 is 0 Å². The Morgan fingerprint density at radius 2 is 2.20 bits per heavy atom. The zero-order valence-electron chi connectivity index (χ0n) is 12.7. The van der Waals surface area contributed by atoms with E-state index in [0.29, 0.717) is 0 Å². The molecule has 2 N–H and O–H groups in total. The summed E-state index contributed by atoms with van der Waals surface area (Å²) in [5, 5.41) is 0. The van der Waals surface area contributed by atoms with Gasteiger partial charge in [-0.2, -0.15) is 0 Å². The number of fused-ring (bicyclic) bond motifs is 1. The number of hydrogen-bond donors (Lipinski definition) is 1. The molecule has 1 spiro atoms. The molecule has 0 saturated carbocycles. The number of aryl methyl sites for hydroxylation is 1. The fraction of sp³-hybridized carbons (Fsp3) is 0.647. The predicted octanol–water partition coefficient (Wildman–Crippen LogP) is 3.50. The molecule has 0 aliphatic carbocycles. The molecule has 3 heteroatoms. The lowest BCUT2D eigenvalue weighted by Gasteiger charge is -2.49. The lowest BCUT2D eigenvalue weighted by Crippen LogP contribution is -2.53. The Hall–Kier alpha value is -1.06. The van der Waals surface area contributed by atoms with E-state index in [4.69, 9.17) is 15.2 Å². The number of rotatable bonds is 1. The fourth-order valence-corrected chi connectivity index (χ4v) is 3.63. The van der Waals surface area contributed by atoms with Crippen LogP contribution in [-0.4, -0.2) is 17.8 Å². The van der Waals surface area contributed by atoms with Gasteiger partial charge in [0.1, 0.15) is 11.4 Å². The van der Waals surface area contributed by atoms with Crippen molar-refractivity contribution in [1.29, 1.82) is 0 Å². The van der Waals surface area contributed by atoms with Crippen molar-refractivity contribution >= 4 is 0 Å². The molecular weight excluding hydrogens is 250 g/mol. The standard InChI is InChI=1S/C17H25NO2/c1-4-16(3)11-17(7-8-19-16)10-14(18)13-9-12(2)5-6-15(13)20-17/h5-6,9,14H,4,7-8,10-11,18H2,1-3H3. The second kappa shape index (κ2) is 4.74. The van der Waals surface area contributed by atoms with E-state index >= 15 is 0 Å². The average Bonchev–Trinajstić information content (AvgIpc) is 2.40. The normalized spacial score (nSPS) is 36.5. The van der Waals surface area contributed by atoms with Gasteiger partial charge in [-0.05, 0) is 26.3 Å². The minimum absolute atomic E-state index is 0.0675. The van der Waals surface area contributed by atoms with Gasteiger partial charge in [0, 0.05) is 30.9 Å². The van der Waals surface area contributed by atoms with Gasteiger partial charge in [-0.3, -0.25) is 0 Å². The average molecular weight is 275 g/mol. The first-order valence-electron chi connectivity index (χ1n) is 7.64. The molecule has 2 aliphatic rings. The van der Waals surface area contributed by atoms with Crippen LogP contribution in [0.5, 0.6) is 5.75 Å². The molecule has 3 nitrogen and oxygen atoms in total. The zero-order chi connectivity index (χ0) is 14.4. The van der Waals surface area contributed by atoms with Gasteiger partial charge in [0.2, 0.25) is 0 Å². The zero-order valence-corrected chi connectivity index (χ0v) is 12.7. The Kier molecular flexibility index (Phi) is 3.30. The van der Waals surface area contributed by atoms with Crippen LogP contribution in [0.3, 0.4) is 0 Å². The van der Waals surface area contributed by atoms with Crippen molar-refractivity contribution in [2.24, 2.45) is 5.73 Å². The number of benzene rings is 1. The van der Waals surface area contributed by atoms with Crippen LogP contribution in [0.2, 0.25) is 0 Å². The summed E-state index contributed by atoms with van der Waals surface area (Å²) in [6.45, 7) is 7.23. The molecule has 3 unspecified atom stereocenters. The van der Waals surface area contributed by atoms with Gasteiger partial charge in [0.25, 0.3) is 0 Å². The van der Waals surface area contributed by atoms with Crippen LogP contribution in [0.1, 0.15) is 56.7 Å². The first-order valence-corrected chi connectivity index (χ1v) is 7.64. The minimum Gasteiger partial charge on any atom is -0.487 e. The van der Waals surface area contributed by atoms with Gasteiger partial charge in [-0.15, -0.1) is 0 Å². The first-order chi connectivity index (χ1) is 9.45. The molecular formula is C17H25NO2. The van der Waals surface area contributed by atoms with Crippen molar-refractivity contribution in [3.8, 4) is 5.75 Å². The van der Waals surface area contributed by atoms with E-state index in [2.05, 4.69) is 39.0 Å². The van der Waals surface area contributed by atoms with Gasteiger partial charge in [-0.25, -0.2) is 0 Å². The van der Waals surface area contributed by atoms with Crippen molar-refractivity contribution < 1.29 is 9.47 Å². The Morgan fingerprint density at radius 1 is 1.40 bits per heavy atom. The van der Waals surface area contributed by atoms with Crippen molar-refractivity contribution in [1.82, 2.24) is 0 Å². The summed E-state index contributed by atoms with van der Waals surface area (Å²) >= 11 is 0. The highest BCUT2D eigenvalue weighted by molar-refractivity contribution is 5.41. The molecule has 2 heterocycles. The summed E-state index contributed by atoms with van der Waals surface area (Å²) in [5.74, 6) is 0.967. The lowest BCUT2D eigenvalue weighted by atomic mass is 9.75. The van der Waals surface area contributed by atoms with Crippen LogP contribution in [0.15, 0.2) is 18.2 Å². The molecule has 1 aromatic carbocycles. The third-order valence-corrected chi connectivity index (χ3v) is 4.94. The van der Waals surface area contributed by atoms with Crippen LogP contribution in [-0.2, 0) is 4.74 Å². The fourth-order valence-electron chi connectivity index (χ4n) is 3.63. The third-order valence-electron chi connectivity index (χ3n) is 4.94. The van der Waals surface area contributed by atoms with E-state index in [0.717, 1.165) is 43.6 Å². The van der Waals surface area contributed by atoms with Crippen molar-refractivity contribution in [3.05, 3.63) is 29.3 Å². The minimum atomic E-state index is -0.148. The highest BCUT2D eigenvalue weighted by Crippen LogP contribution is 2.47. The van der Waals surface area contributed by atoms with E-state index < -0.39 is 0 Å². The molecule has 0 radical (unpaired) electrons. The highest BCUT2D eigenvalue weighted by atomic mass is 16.5. The van der Waals surface area contributed by atoms with Gasteiger partial charge in [0.15, 0.2) is 0 Å². The van der Waals surface area contributed by atoms with Crippen LogP contribution < -0.4 is 10.5 Å². The Bertz CT molecular complexity index is 516. The van der Waals surface area contributed by atoms with E-state index in [1.807, 2.05) is 0 Å². The molecule has 20 heavy (non-hydrogen) atoms. The molecule has 0 amide bonds. The predicted molar refractivity (Wildman–Crippen MR) is 80.0 cm³/mol. The van der Waals surface area contributed by atoms with Crippen LogP contribution in [0, 0.1) is 6.92 Å². The summed E-state index contributed by atoms with van der Waals surface area (Å²) in [6.07, 6.45) is 3.76. The summed E-state index contributed by atoms with van der Waals surface area (Å²) in [6, 6.07) is 6.40. The second-order valence-corrected chi connectivity index (χ2v) is 6.72. The molecule has 3 rings (SSSR count). The largest absolute Gasteiger partial charge is 0.487 e.